The molecule has 1 aromatic carbocycles. The topological polar surface area (TPSA) is 64.4 Å². The minimum absolute atomic E-state index is 0.0524. The van der Waals surface area contributed by atoms with E-state index in [1.54, 1.807) is 25.1 Å². The second kappa shape index (κ2) is 7.49. The Balaban J connectivity index is 2.38. The van der Waals surface area contributed by atoms with Crippen molar-refractivity contribution in [3.63, 3.8) is 0 Å². The second-order valence-electron chi connectivity index (χ2n) is 4.99. The molecule has 0 aliphatic carbocycles. The highest BCUT2D eigenvalue weighted by atomic mass is 19.3. The monoisotopic (exact) mass is 335 g/mol. The predicted molar refractivity (Wildman–Crippen MR) is 83.6 cm³/mol. The van der Waals surface area contributed by atoms with Gasteiger partial charge in [0, 0.05) is 44.7 Å². The summed E-state index contributed by atoms with van der Waals surface area (Å²) in [5.74, 6) is -0.605. The third-order valence-corrected chi connectivity index (χ3v) is 2.87. The van der Waals surface area contributed by atoms with Crippen LogP contribution in [0.1, 0.15) is 10.5 Å². The van der Waals surface area contributed by atoms with E-state index in [1.165, 1.54) is 47.4 Å². The molecule has 1 heterocycles. The molecule has 0 saturated heterocycles. The van der Waals surface area contributed by atoms with Crippen LogP contribution in [0.4, 0.5) is 8.78 Å². The molecule has 126 valence electrons. The SMILES string of the molecule is CN(C)C=CC(=O)c1nn(-c2cccc(OC(F)F)c2)ccc1=O. The zero-order valence-corrected chi connectivity index (χ0v) is 13.0. The van der Waals surface area contributed by atoms with Crippen LogP contribution >= 0.6 is 0 Å². The van der Waals surface area contributed by atoms with Gasteiger partial charge >= 0.3 is 6.61 Å². The van der Waals surface area contributed by atoms with Crippen LogP contribution in [0.5, 0.6) is 5.75 Å². The van der Waals surface area contributed by atoms with Crippen molar-refractivity contribution >= 4 is 5.78 Å². The largest absolute Gasteiger partial charge is 0.435 e. The highest BCUT2D eigenvalue weighted by Crippen LogP contribution is 2.18. The Bertz CT molecular complexity index is 816. The summed E-state index contributed by atoms with van der Waals surface area (Å²) < 4.78 is 30.1. The van der Waals surface area contributed by atoms with E-state index in [0.717, 1.165) is 0 Å². The zero-order chi connectivity index (χ0) is 17.7. The Morgan fingerprint density at radius 3 is 2.75 bits per heavy atom. The molecule has 0 aliphatic heterocycles. The van der Waals surface area contributed by atoms with E-state index in [4.69, 9.17) is 0 Å². The molecule has 0 saturated carbocycles. The lowest BCUT2D eigenvalue weighted by Crippen LogP contribution is -2.20. The fraction of sp³-hybridized carbons (Fsp3) is 0.188. The van der Waals surface area contributed by atoms with Gasteiger partial charge in [-0.3, -0.25) is 9.59 Å². The highest BCUT2D eigenvalue weighted by molar-refractivity contribution is 6.02. The van der Waals surface area contributed by atoms with E-state index in [2.05, 4.69) is 9.84 Å². The number of halogens is 2. The zero-order valence-electron chi connectivity index (χ0n) is 13.0. The number of ketones is 1. The number of alkyl halides is 2. The molecular weight excluding hydrogens is 320 g/mol. The molecule has 0 radical (unpaired) electrons. The second-order valence-corrected chi connectivity index (χ2v) is 4.99. The van der Waals surface area contributed by atoms with Gasteiger partial charge in [0.25, 0.3) is 0 Å². The van der Waals surface area contributed by atoms with Gasteiger partial charge < -0.3 is 9.64 Å². The number of nitrogens with zero attached hydrogens (tertiary/aromatic N) is 3. The van der Waals surface area contributed by atoms with Crippen molar-refractivity contribution in [3.8, 4) is 11.4 Å². The van der Waals surface area contributed by atoms with Gasteiger partial charge in [-0.15, -0.1) is 0 Å². The maximum atomic E-state index is 12.3. The Labute approximate surface area is 136 Å². The van der Waals surface area contributed by atoms with Gasteiger partial charge in [0.15, 0.2) is 5.69 Å². The third-order valence-electron chi connectivity index (χ3n) is 2.87. The summed E-state index contributed by atoms with van der Waals surface area (Å²) in [6, 6.07) is 6.96. The van der Waals surface area contributed by atoms with Crippen molar-refractivity contribution in [1.82, 2.24) is 14.7 Å². The lowest BCUT2D eigenvalue weighted by Gasteiger charge is -2.09. The minimum atomic E-state index is -2.95. The molecule has 0 N–H and O–H groups in total. The van der Waals surface area contributed by atoms with E-state index < -0.39 is 17.8 Å². The molecule has 8 heteroatoms. The number of aromatic nitrogens is 2. The van der Waals surface area contributed by atoms with Gasteiger partial charge in [-0.2, -0.15) is 13.9 Å². The molecule has 24 heavy (non-hydrogen) atoms. The first-order valence-corrected chi connectivity index (χ1v) is 6.91. The Morgan fingerprint density at radius 1 is 1.33 bits per heavy atom. The van der Waals surface area contributed by atoms with Gasteiger partial charge in [-0.1, -0.05) is 6.07 Å². The van der Waals surface area contributed by atoms with Crippen LogP contribution in [0, 0.1) is 0 Å². The van der Waals surface area contributed by atoms with Crippen LogP contribution in [0.3, 0.4) is 0 Å². The summed E-state index contributed by atoms with van der Waals surface area (Å²) in [7, 11) is 3.46. The van der Waals surface area contributed by atoms with Crippen molar-refractivity contribution in [3.05, 3.63) is 64.7 Å². The van der Waals surface area contributed by atoms with Crippen LogP contribution in [0.25, 0.3) is 5.69 Å². The lowest BCUT2D eigenvalue weighted by atomic mass is 10.2. The maximum absolute atomic E-state index is 12.3. The third kappa shape index (κ3) is 4.48. The molecule has 0 aliphatic rings. The first-order chi connectivity index (χ1) is 11.4. The number of ether oxygens (including phenoxy) is 1. The van der Waals surface area contributed by atoms with Crippen LogP contribution < -0.4 is 10.2 Å². The molecular formula is C16H15F2N3O3. The molecule has 6 nitrogen and oxygen atoms in total. The molecule has 0 bridgehead atoms. The number of hydrogen-bond acceptors (Lipinski definition) is 5. The van der Waals surface area contributed by atoms with Crippen LogP contribution in [-0.4, -0.2) is 41.2 Å². The molecule has 0 fully saturated rings. The van der Waals surface area contributed by atoms with Crippen molar-refractivity contribution in [1.29, 1.82) is 0 Å². The van der Waals surface area contributed by atoms with Gasteiger partial charge in [0.05, 0.1) is 5.69 Å². The van der Waals surface area contributed by atoms with Gasteiger partial charge in [0.1, 0.15) is 5.75 Å². The van der Waals surface area contributed by atoms with Gasteiger partial charge in [-0.25, -0.2) is 4.68 Å². The smallest absolute Gasteiger partial charge is 0.387 e. The summed E-state index contributed by atoms with van der Waals surface area (Å²) in [4.78, 5) is 25.5. The standard InChI is InChI=1S/C16H15F2N3O3/c1-20(2)8-6-13(22)15-14(23)7-9-21(19-15)11-4-3-5-12(10-11)24-16(17)18/h3-10,16H,1-2H3. The lowest BCUT2D eigenvalue weighted by molar-refractivity contribution is -0.0498. The fourth-order valence-corrected chi connectivity index (χ4v) is 1.82. The first-order valence-electron chi connectivity index (χ1n) is 6.91. The first kappa shape index (κ1) is 17.3. The van der Waals surface area contributed by atoms with E-state index in [0.29, 0.717) is 5.69 Å². The van der Waals surface area contributed by atoms with Crippen LogP contribution in [0.15, 0.2) is 53.6 Å². The summed E-state index contributed by atoms with van der Waals surface area (Å²) >= 11 is 0. The number of hydrogen-bond donors (Lipinski definition) is 0. The predicted octanol–water partition coefficient (Wildman–Crippen LogP) is 2.09. The highest BCUT2D eigenvalue weighted by Gasteiger charge is 2.11. The van der Waals surface area contributed by atoms with Gasteiger partial charge in [-0.05, 0) is 12.1 Å². The number of carbonyl (C=O) groups excluding carboxylic acids is 1. The Hall–Kier alpha value is -3.03. The molecule has 0 amide bonds. The van der Waals surface area contributed by atoms with Crippen LogP contribution in [0.2, 0.25) is 0 Å². The normalized spacial score (nSPS) is 11.0. The number of benzene rings is 1. The Kier molecular flexibility index (Phi) is 5.41. The molecule has 0 unspecified atom stereocenters. The summed E-state index contributed by atoms with van der Waals surface area (Å²) in [6.07, 6.45) is 4.07. The molecule has 2 rings (SSSR count). The Morgan fingerprint density at radius 2 is 2.08 bits per heavy atom. The molecule has 1 aromatic heterocycles. The van der Waals surface area contributed by atoms with Crippen molar-refractivity contribution in [2.45, 2.75) is 6.61 Å². The molecule has 0 atom stereocenters. The van der Waals surface area contributed by atoms with Gasteiger partial charge in [0.2, 0.25) is 11.2 Å². The maximum Gasteiger partial charge on any atom is 0.387 e. The molecule has 2 aromatic rings. The van der Waals surface area contributed by atoms with Crippen molar-refractivity contribution in [2.75, 3.05) is 14.1 Å². The quantitative estimate of drug-likeness (QED) is 0.597. The number of allylic oxidation sites excluding steroid dienone is 1. The van der Waals surface area contributed by atoms with E-state index in [9.17, 15) is 18.4 Å². The van der Waals surface area contributed by atoms with E-state index >= 15 is 0 Å². The van der Waals surface area contributed by atoms with E-state index in [-0.39, 0.29) is 11.4 Å². The number of carbonyl (C=O) groups is 1. The van der Waals surface area contributed by atoms with Crippen molar-refractivity contribution < 1.29 is 18.3 Å². The van der Waals surface area contributed by atoms with Crippen LogP contribution in [-0.2, 0) is 0 Å². The summed E-state index contributed by atoms with van der Waals surface area (Å²) in [5, 5.41) is 3.98. The van der Waals surface area contributed by atoms with Crippen molar-refractivity contribution in [2.24, 2.45) is 0 Å². The summed E-state index contributed by atoms with van der Waals surface area (Å²) in [5.41, 5.74) is -0.422. The van der Waals surface area contributed by atoms with E-state index in [1.807, 2.05) is 0 Å². The molecule has 0 spiro atoms. The minimum Gasteiger partial charge on any atom is -0.435 e. The fourth-order valence-electron chi connectivity index (χ4n) is 1.82. The number of rotatable bonds is 6. The average molecular weight is 335 g/mol. The summed E-state index contributed by atoms with van der Waals surface area (Å²) in [6.45, 7) is -2.95. The average Bonchev–Trinajstić information content (AvgIpc) is 2.52.